The smallest absolute Gasteiger partial charge is 0.418 e. The van der Waals surface area contributed by atoms with Crippen LogP contribution in [0.1, 0.15) is 15.9 Å². The molecule has 17 heteroatoms. The van der Waals surface area contributed by atoms with E-state index < -0.39 is 86.9 Å². The predicted molar refractivity (Wildman–Crippen MR) is 109 cm³/mol. The highest BCUT2D eigenvalue weighted by Gasteiger charge is 2.36. The van der Waals surface area contributed by atoms with Crippen LogP contribution in [0, 0.1) is 0 Å². The Morgan fingerprint density at radius 2 is 1.71 bits per heavy atom. The normalized spacial score (nSPS) is 12.9. The molecule has 0 aliphatic heterocycles. The molecule has 0 spiro atoms. The van der Waals surface area contributed by atoms with Gasteiger partial charge in [0.25, 0.3) is 5.69 Å². The van der Waals surface area contributed by atoms with E-state index in [1.807, 2.05) is 5.11 Å². The monoisotopic (exact) mass is 535 g/mol. The molecular formula is C18H12F3N3O9S2. The molecule has 35 heavy (non-hydrogen) atoms. The number of carbonyl (C=O) groups is 1. The zero-order chi connectivity index (χ0) is 26.5. The maximum Gasteiger partial charge on any atom is 0.418 e. The van der Waals surface area contributed by atoms with Gasteiger partial charge in [0.15, 0.2) is 4.90 Å². The second-order valence-electron chi connectivity index (χ2n) is 6.90. The van der Waals surface area contributed by atoms with Crippen molar-refractivity contribution in [1.82, 2.24) is 0 Å². The molecule has 0 aliphatic carbocycles. The summed E-state index contributed by atoms with van der Waals surface area (Å²) in [6.07, 6.45) is -5.09. The molecule has 0 bridgehead atoms. The Labute approximate surface area is 193 Å². The highest BCUT2D eigenvalue weighted by Crippen LogP contribution is 2.40. The number of fused-ring (bicyclic) bond motifs is 1. The highest BCUT2D eigenvalue weighted by atomic mass is 32.2. The molecule has 0 radical (unpaired) electrons. The average molecular weight is 535 g/mol. The van der Waals surface area contributed by atoms with E-state index in [1.54, 1.807) is 0 Å². The average Bonchev–Trinajstić information content (AvgIpc) is 2.70. The molecule has 0 aromatic heterocycles. The van der Waals surface area contributed by atoms with Crippen molar-refractivity contribution in [2.45, 2.75) is 16.0 Å². The molecule has 0 saturated heterocycles. The molecule has 0 aliphatic rings. The molecule has 0 heterocycles. The standard InChI is InChI=1S/C18H12F3N3O9S2/c19-18(20,21)10-4-7(17(26)27)1-2-12(10)23-24-15-13(35(31,32)33)5-8-3-9(34(28,29)30)6-11(22)14(8)16(15)25/h1-6,25H,22H2,(H,26,27)(H,28,29,30)(H,31,32,33). The number of aromatic hydroxyl groups is 1. The third-order valence-electron chi connectivity index (χ3n) is 4.58. The van der Waals surface area contributed by atoms with Crippen LogP contribution in [-0.2, 0) is 26.4 Å². The molecule has 0 amide bonds. The van der Waals surface area contributed by atoms with Gasteiger partial charge in [0.1, 0.15) is 15.8 Å². The number of benzene rings is 3. The number of nitrogen functional groups attached to an aromatic ring is 1. The Bertz CT molecular complexity index is 1630. The predicted octanol–water partition coefficient (Wildman–Crippen LogP) is 1.49. The van der Waals surface area contributed by atoms with Gasteiger partial charge in [0.2, 0.25) is 5.75 Å². The lowest BCUT2D eigenvalue weighted by molar-refractivity contribution is -0.437. The summed E-state index contributed by atoms with van der Waals surface area (Å²) in [5.74, 6) is -2.73. The number of halogens is 3. The second-order valence-corrected chi connectivity index (χ2v) is 9.67. The van der Waals surface area contributed by atoms with Crippen LogP contribution in [0.5, 0.6) is 5.75 Å². The summed E-state index contributed by atoms with van der Waals surface area (Å²) in [6.45, 7) is 0. The number of hydrogen-bond acceptors (Lipinski definition) is 9. The molecule has 3 rings (SSSR count). The molecular weight excluding hydrogens is 523 g/mol. The second kappa shape index (κ2) is 8.45. The lowest BCUT2D eigenvalue weighted by atomic mass is 10.1. The van der Waals surface area contributed by atoms with Crippen LogP contribution in [0.25, 0.3) is 10.8 Å². The van der Waals surface area contributed by atoms with Crippen molar-refractivity contribution in [1.29, 1.82) is 0 Å². The molecule has 0 atom stereocenters. The van der Waals surface area contributed by atoms with Crippen LogP contribution in [-0.4, -0.2) is 42.1 Å². The van der Waals surface area contributed by atoms with Crippen molar-refractivity contribution in [3.05, 3.63) is 47.5 Å². The van der Waals surface area contributed by atoms with Crippen LogP contribution < -0.4 is 10.8 Å². The number of nitrogens with one attached hydrogen (secondary N) is 1. The SMILES string of the molecule is Nc1cc(S(=O)(=O)[O-])cc2cc(S(=O)(=O)O)c([NH+]=Nc3ccc(C(=O)O)cc3C(F)(F)F)c(O)c12. The summed E-state index contributed by atoms with van der Waals surface area (Å²) >= 11 is 0. The first-order chi connectivity index (χ1) is 15.9. The Morgan fingerprint density at radius 3 is 2.23 bits per heavy atom. The summed E-state index contributed by atoms with van der Waals surface area (Å²) in [5, 5.41) is 23.9. The van der Waals surface area contributed by atoms with Crippen LogP contribution in [0.15, 0.2) is 51.3 Å². The number of hydrogen-bond donors (Lipinski definition) is 5. The first kappa shape index (κ1) is 25.8. The van der Waals surface area contributed by atoms with Gasteiger partial charge in [-0.3, -0.25) is 4.55 Å². The summed E-state index contributed by atoms with van der Waals surface area (Å²) < 4.78 is 107. The fourth-order valence-electron chi connectivity index (χ4n) is 3.07. The van der Waals surface area contributed by atoms with Crippen molar-refractivity contribution in [2.75, 3.05) is 5.73 Å². The molecule has 3 aromatic rings. The van der Waals surface area contributed by atoms with E-state index in [0.29, 0.717) is 24.3 Å². The van der Waals surface area contributed by atoms with Crippen LogP contribution >= 0.6 is 0 Å². The number of nitrogens with two attached hydrogens (primary N) is 1. The zero-order valence-electron chi connectivity index (χ0n) is 16.7. The van der Waals surface area contributed by atoms with Gasteiger partial charge in [-0.2, -0.15) is 21.6 Å². The number of azo groups is 1. The Morgan fingerprint density at radius 1 is 1.09 bits per heavy atom. The molecule has 12 nitrogen and oxygen atoms in total. The number of nitrogens with zero attached hydrogens (tertiary/aromatic N) is 1. The van der Waals surface area contributed by atoms with E-state index in [-0.39, 0.29) is 6.07 Å². The molecule has 0 saturated carbocycles. The summed E-state index contributed by atoms with van der Waals surface area (Å²) in [5.41, 5.74) is 1.05. The maximum atomic E-state index is 13.4. The lowest BCUT2D eigenvalue weighted by Gasteiger charge is -2.12. The van der Waals surface area contributed by atoms with Gasteiger partial charge in [-0.25, -0.2) is 13.2 Å². The fourth-order valence-corrected chi connectivity index (χ4v) is 4.29. The van der Waals surface area contributed by atoms with Crippen molar-refractivity contribution in [2.24, 2.45) is 5.11 Å². The third kappa shape index (κ3) is 5.16. The van der Waals surface area contributed by atoms with Gasteiger partial charge in [0, 0.05) is 5.69 Å². The van der Waals surface area contributed by atoms with Gasteiger partial charge in [-0.05, 0) is 46.9 Å². The minimum atomic E-state index is -5.22. The minimum Gasteiger partial charge on any atom is -0.744 e. The van der Waals surface area contributed by atoms with Crippen molar-refractivity contribution < 1.29 is 59.2 Å². The molecule has 0 fully saturated rings. The number of rotatable bonds is 5. The number of phenolic OH excluding ortho intramolecular Hbond substituents is 1. The van der Waals surface area contributed by atoms with Gasteiger partial charge < -0.3 is 20.5 Å². The molecule has 6 N–H and O–H groups in total. The summed E-state index contributed by atoms with van der Waals surface area (Å²) in [6, 6.07) is 3.64. The van der Waals surface area contributed by atoms with Crippen LogP contribution in [0.4, 0.5) is 30.2 Å². The summed E-state index contributed by atoms with van der Waals surface area (Å²) in [4.78, 5) is 8.96. The van der Waals surface area contributed by atoms with E-state index in [9.17, 15) is 49.0 Å². The van der Waals surface area contributed by atoms with Gasteiger partial charge in [-0.1, -0.05) is 5.11 Å². The number of aromatic carboxylic acids is 1. The van der Waals surface area contributed by atoms with Gasteiger partial charge in [0.05, 0.1) is 21.4 Å². The van der Waals surface area contributed by atoms with E-state index in [0.717, 1.165) is 6.07 Å². The van der Waals surface area contributed by atoms with Crippen LogP contribution in [0.2, 0.25) is 0 Å². The van der Waals surface area contributed by atoms with E-state index >= 15 is 0 Å². The molecule has 186 valence electrons. The number of anilines is 1. The lowest BCUT2D eigenvalue weighted by Crippen LogP contribution is -2.58. The topological polar surface area (TPSA) is 221 Å². The quantitative estimate of drug-likeness (QED) is 0.137. The first-order valence-corrected chi connectivity index (χ1v) is 11.7. The van der Waals surface area contributed by atoms with Crippen molar-refractivity contribution in [3.63, 3.8) is 0 Å². The maximum absolute atomic E-state index is 13.4. The van der Waals surface area contributed by atoms with Crippen molar-refractivity contribution >= 4 is 54.0 Å². The van der Waals surface area contributed by atoms with E-state index in [4.69, 9.17) is 10.8 Å². The van der Waals surface area contributed by atoms with Crippen LogP contribution in [0.3, 0.4) is 0 Å². The number of phenols is 1. The third-order valence-corrected chi connectivity index (χ3v) is 6.27. The number of carboxylic acid groups (broad SMARTS) is 1. The largest absolute Gasteiger partial charge is 0.744 e. The first-order valence-electron chi connectivity index (χ1n) is 8.85. The summed E-state index contributed by atoms with van der Waals surface area (Å²) in [7, 11) is -10.3. The van der Waals surface area contributed by atoms with Gasteiger partial charge >= 0.3 is 22.3 Å². The fraction of sp³-hybridized carbons (Fsp3) is 0.0556. The van der Waals surface area contributed by atoms with Crippen molar-refractivity contribution in [3.8, 4) is 5.75 Å². The molecule has 0 unspecified atom stereocenters. The minimum absolute atomic E-state index is 0.273. The number of carboxylic acids is 1. The van der Waals surface area contributed by atoms with E-state index in [2.05, 4.69) is 5.11 Å². The Kier molecular flexibility index (Phi) is 6.23. The molecule has 3 aromatic carbocycles. The van der Waals surface area contributed by atoms with E-state index in [1.165, 1.54) is 0 Å². The Balaban J connectivity index is 2.33. The Hall–Kier alpha value is -3.80. The number of alkyl halides is 3. The highest BCUT2D eigenvalue weighted by molar-refractivity contribution is 7.86. The van der Waals surface area contributed by atoms with Gasteiger partial charge in [-0.15, -0.1) is 0 Å². The zero-order valence-corrected chi connectivity index (χ0v) is 18.4.